The van der Waals surface area contributed by atoms with Gasteiger partial charge >= 0.3 is 0 Å². The summed E-state index contributed by atoms with van der Waals surface area (Å²) in [6.45, 7) is 6.18. The zero-order chi connectivity index (χ0) is 17.5. The largest absolute Gasteiger partial charge is 0.483 e. The van der Waals surface area contributed by atoms with Crippen LogP contribution < -0.4 is 10.1 Å². The first-order valence-electron chi connectivity index (χ1n) is 8.13. The van der Waals surface area contributed by atoms with Gasteiger partial charge in [-0.3, -0.25) is 4.79 Å². The number of aliphatic hydroxyl groups is 2. The van der Waals surface area contributed by atoms with Gasteiger partial charge in [-0.1, -0.05) is 0 Å². The molecule has 1 unspecified atom stereocenters. The lowest BCUT2D eigenvalue weighted by Crippen LogP contribution is -2.43. The zero-order valence-electron chi connectivity index (χ0n) is 14.2. The number of carbonyl (C=O) groups is 1. The number of hydrogen-bond acceptors (Lipinski definition) is 6. The summed E-state index contributed by atoms with van der Waals surface area (Å²) in [7, 11) is 0. The van der Waals surface area contributed by atoms with Crippen molar-refractivity contribution in [1.82, 2.24) is 4.90 Å². The number of carbonyl (C=O) groups excluding carboxylic acids is 1. The fourth-order valence-corrected chi connectivity index (χ4v) is 2.62. The Morgan fingerprint density at radius 1 is 1.33 bits per heavy atom. The van der Waals surface area contributed by atoms with Gasteiger partial charge in [-0.25, -0.2) is 0 Å². The van der Waals surface area contributed by atoms with Gasteiger partial charge in [0.25, 0.3) is 5.91 Å². The molecular formula is C17H26N2O5. The number of nitrogens with one attached hydrogen (secondary N) is 1. The highest BCUT2D eigenvalue weighted by atomic mass is 16.5. The van der Waals surface area contributed by atoms with Crippen molar-refractivity contribution in [1.29, 1.82) is 0 Å². The number of benzene rings is 1. The molecular weight excluding hydrogens is 312 g/mol. The fourth-order valence-electron chi connectivity index (χ4n) is 2.62. The molecule has 1 aliphatic heterocycles. The summed E-state index contributed by atoms with van der Waals surface area (Å²) >= 11 is 0. The number of ether oxygens (including phenoxy) is 2. The molecule has 7 nitrogen and oxygen atoms in total. The van der Waals surface area contributed by atoms with E-state index in [0.717, 1.165) is 16.8 Å². The average Bonchev–Trinajstić information content (AvgIpc) is 2.59. The van der Waals surface area contributed by atoms with Crippen LogP contribution in [0.4, 0.5) is 5.69 Å². The molecule has 1 amide bonds. The van der Waals surface area contributed by atoms with E-state index in [4.69, 9.17) is 14.6 Å². The molecule has 7 heteroatoms. The molecule has 1 atom stereocenters. The molecule has 0 bridgehead atoms. The fraction of sp³-hybridized carbons (Fsp3) is 0.588. The maximum absolute atomic E-state index is 12.2. The molecule has 134 valence electrons. The third-order valence-corrected chi connectivity index (χ3v) is 3.92. The maximum atomic E-state index is 12.2. The maximum Gasteiger partial charge on any atom is 0.260 e. The summed E-state index contributed by atoms with van der Waals surface area (Å²) in [5.41, 5.74) is 2.65. The van der Waals surface area contributed by atoms with Crippen LogP contribution in [0.3, 0.4) is 0 Å². The molecule has 0 spiro atoms. The second-order valence-corrected chi connectivity index (χ2v) is 5.94. The normalized spacial score (nSPS) is 15.9. The number of rotatable bonds is 7. The second-order valence-electron chi connectivity index (χ2n) is 5.94. The topological polar surface area (TPSA) is 91.3 Å². The molecule has 0 radical (unpaired) electrons. The Morgan fingerprint density at radius 3 is 2.54 bits per heavy atom. The molecule has 3 N–H and O–H groups in total. The van der Waals surface area contributed by atoms with Crippen molar-refractivity contribution in [2.75, 3.05) is 51.4 Å². The lowest BCUT2D eigenvalue weighted by atomic mass is 10.1. The van der Waals surface area contributed by atoms with Gasteiger partial charge in [-0.2, -0.15) is 0 Å². The lowest BCUT2D eigenvalue weighted by molar-refractivity contribution is -0.137. The van der Waals surface area contributed by atoms with E-state index < -0.39 is 6.10 Å². The Morgan fingerprint density at radius 2 is 1.96 bits per heavy atom. The Balaban J connectivity index is 1.93. The van der Waals surface area contributed by atoms with Crippen LogP contribution in [0.1, 0.15) is 11.1 Å². The summed E-state index contributed by atoms with van der Waals surface area (Å²) < 4.78 is 11.0. The smallest absolute Gasteiger partial charge is 0.260 e. The standard InChI is InChI=1S/C17H26N2O5/c1-12-7-14(18-9-15(21)10-20)8-13(2)17(12)24-11-16(22)19-3-5-23-6-4-19/h7-8,15,18,20-21H,3-6,9-11H2,1-2H3. The van der Waals surface area contributed by atoms with Crippen LogP contribution in [0.5, 0.6) is 5.75 Å². The Bertz CT molecular complexity index is 535. The van der Waals surface area contributed by atoms with E-state index in [-0.39, 0.29) is 25.7 Å². The Hall–Kier alpha value is -1.83. The van der Waals surface area contributed by atoms with Crippen molar-refractivity contribution in [3.05, 3.63) is 23.3 Å². The van der Waals surface area contributed by atoms with Crippen molar-refractivity contribution in [2.24, 2.45) is 0 Å². The van der Waals surface area contributed by atoms with Gasteiger partial charge in [-0.05, 0) is 37.1 Å². The molecule has 1 fully saturated rings. The van der Waals surface area contributed by atoms with Crippen molar-refractivity contribution >= 4 is 11.6 Å². The highest BCUT2D eigenvalue weighted by molar-refractivity contribution is 5.78. The second kappa shape index (κ2) is 8.86. The molecule has 1 aromatic carbocycles. The van der Waals surface area contributed by atoms with Crippen LogP contribution in [0.2, 0.25) is 0 Å². The third kappa shape index (κ3) is 5.09. The van der Waals surface area contributed by atoms with E-state index in [0.29, 0.717) is 32.1 Å². The molecule has 1 heterocycles. The number of morpholine rings is 1. The van der Waals surface area contributed by atoms with Crippen LogP contribution in [0.25, 0.3) is 0 Å². The van der Waals surface area contributed by atoms with Crippen LogP contribution in [-0.4, -0.2) is 73.2 Å². The summed E-state index contributed by atoms with van der Waals surface area (Å²) in [4.78, 5) is 13.9. The van der Waals surface area contributed by atoms with Gasteiger partial charge in [-0.15, -0.1) is 0 Å². The minimum absolute atomic E-state index is 0.0116. The highest BCUT2D eigenvalue weighted by Gasteiger charge is 2.18. The predicted molar refractivity (Wildman–Crippen MR) is 90.4 cm³/mol. The highest BCUT2D eigenvalue weighted by Crippen LogP contribution is 2.27. The van der Waals surface area contributed by atoms with Gasteiger partial charge in [0.2, 0.25) is 0 Å². The van der Waals surface area contributed by atoms with E-state index in [9.17, 15) is 9.90 Å². The number of amides is 1. The van der Waals surface area contributed by atoms with Crippen molar-refractivity contribution in [2.45, 2.75) is 20.0 Å². The Kier molecular flexibility index (Phi) is 6.84. The molecule has 1 saturated heterocycles. The molecule has 2 rings (SSSR count). The van der Waals surface area contributed by atoms with E-state index in [1.54, 1.807) is 4.90 Å². The van der Waals surface area contributed by atoms with Crippen LogP contribution >= 0.6 is 0 Å². The molecule has 1 aromatic rings. The molecule has 1 aliphatic rings. The number of hydrogen-bond donors (Lipinski definition) is 3. The van der Waals surface area contributed by atoms with E-state index in [1.807, 2.05) is 26.0 Å². The van der Waals surface area contributed by atoms with Gasteiger partial charge in [0.1, 0.15) is 5.75 Å². The van der Waals surface area contributed by atoms with Crippen molar-refractivity contribution < 1.29 is 24.5 Å². The van der Waals surface area contributed by atoms with Gasteiger partial charge < -0.3 is 29.9 Å². The third-order valence-electron chi connectivity index (χ3n) is 3.92. The number of aryl methyl sites for hydroxylation is 2. The van der Waals surface area contributed by atoms with Crippen molar-refractivity contribution in [3.63, 3.8) is 0 Å². The minimum Gasteiger partial charge on any atom is -0.483 e. The first-order valence-corrected chi connectivity index (χ1v) is 8.13. The minimum atomic E-state index is -0.798. The summed E-state index contributed by atoms with van der Waals surface area (Å²) in [5, 5.41) is 21.3. The van der Waals surface area contributed by atoms with Gasteiger partial charge in [0, 0.05) is 25.3 Å². The van der Waals surface area contributed by atoms with E-state index in [1.165, 1.54) is 0 Å². The molecule has 0 aromatic heterocycles. The van der Waals surface area contributed by atoms with E-state index in [2.05, 4.69) is 5.32 Å². The SMILES string of the molecule is Cc1cc(NCC(O)CO)cc(C)c1OCC(=O)N1CCOCC1. The number of anilines is 1. The summed E-state index contributed by atoms with van der Waals surface area (Å²) in [6, 6.07) is 3.79. The Labute approximate surface area is 142 Å². The van der Waals surface area contributed by atoms with E-state index >= 15 is 0 Å². The zero-order valence-corrected chi connectivity index (χ0v) is 14.2. The molecule has 0 aliphatic carbocycles. The lowest BCUT2D eigenvalue weighted by Gasteiger charge is -2.27. The van der Waals surface area contributed by atoms with Crippen LogP contribution in [0.15, 0.2) is 12.1 Å². The van der Waals surface area contributed by atoms with Crippen LogP contribution in [0, 0.1) is 13.8 Å². The summed E-state index contributed by atoms with van der Waals surface area (Å²) in [6.07, 6.45) is -0.798. The molecule has 0 saturated carbocycles. The summed E-state index contributed by atoms with van der Waals surface area (Å²) in [5.74, 6) is 0.662. The molecule has 24 heavy (non-hydrogen) atoms. The van der Waals surface area contributed by atoms with Crippen LogP contribution in [-0.2, 0) is 9.53 Å². The first-order chi connectivity index (χ1) is 11.5. The average molecular weight is 338 g/mol. The first kappa shape index (κ1) is 18.5. The van der Waals surface area contributed by atoms with Gasteiger partial charge in [0.15, 0.2) is 6.61 Å². The van der Waals surface area contributed by atoms with Crippen molar-refractivity contribution in [3.8, 4) is 5.75 Å². The number of nitrogens with zero attached hydrogens (tertiary/aromatic N) is 1. The predicted octanol–water partition coefficient (Wildman–Crippen LogP) is 0.306. The van der Waals surface area contributed by atoms with Gasteiger partial charge in [0.05, 0.1) is 25.9 Å². The monoisotopic (exact) mass is 338 g/mol. The number of aliphatic hydroxyl groups excluding tert-OH is 2. The quantitative estimate of drug-likeness (QED) is 0.663.